The van der Waals surface area contributed by atoms with Gasteiger partial charge in [0.15, 0.2) is 0 Å². The van der Waals surface area contributed by atoms with Gasteiger partial charge in [-0.1, -0.05) is 48.5 Å². The molecule has 0 spiro atoms. The first-order chi connectivity index (χ1) is 17.0. The first-order valence-electron chi connectivity index (χ1n) is 12.0. The third-order valence-corrected chi connectivity index (χ3v) is 6.32. The lowest BCUT2D eigenvalue weighted by Crippen LogP contribution is -2.50. The van der Waals surface area contributed by atoms with Crippen LogP contribution in [-0.2, 0) is 29.1 Å². The number of carbonyl (C=O) groups is 2. The molecule has 184 valence electrons. The van der Waals surface area contributed by atoms with E-state index in [4.69, 9.17) is 0 Å². The molecule has 8 heteroatoms. The van der Waals surface area contributed by atoms with Crippen LogP contribution >= 0.6 is 0 Å². The van der Waals surface area contributed by atoms with Crippen molar-refractivity contribution in [2.75, 3.05) is 26.2 Å². The number of amides is 2. The summed E-state index contributed by atoms with van der Waals surface area (Å²) < 4.78 is 16.4. The van der Waals surface area contributed by atoms with Crippen molar-refractivity contribution in [2.45, 2.75) is 38.9 Å². The van der Waals surface area contributed by atoms with E-state index in [1.807, 2.05) is 30.6 Å². The topological polar surface area (TPSA) is 70.5 Å². The molecule has 0 bridgehead atoms. The number of imidazole rings is 1. The summed E-state index contributed by atoms with van der Waals surface area (Å²) in [7, 11) is 0. The lowest BCUT2D eigenvalue weighted by atomic mass is 10.0. The average molecular weight is 478 g/mol. The molecule has 1 unspecified atom stereocenters. The monoisotopic (exact) mass is 477 g/mol. The second-order valence-electron chi connectivity index (χ2n) is 8.96. The van der Waals surface area contributed by atoms with E-state index in [1.165, 1.54) is 18.6 Å². The highest BCUT2D eigenvalue weighted by molar-refractivity contribution is 5.87. The highest BCUT2D eigenvalue weighted by Gasteiger charge is 2.28. The van der Waals surface area contributed by atoms with Crippen molar-refractivity contribution < 1.29 is 14.0 Å². The number of halogens is 1. The molecular formula is C27H32FN5O2. The van der Waals surface area contributed by atoms with Gasteiger partial charge in [0.2, 0.25) is 11.8 Å². The van der Waals surface area contributed by atoms with Crippen molar-refractivity contribution >= 4 is 11.8 Å². The van der Waals surface area contributed by atoms with E-state index < -0.39 is 6.04 Å². The van der Waals surface area contributed by atoms with Gasteiger partial charge in [-0.05, 0) is 23.6 Å². The second kappa shape index (κ2) is 11.8. The van der Waals surface area contributed by atoms with Crippen LogP contribution in [0.15, 0.2) is 67.0 Å². The molecule has 0 radical (unpaired) electrons. The van der Waals surface area contributed by atoms with Crippen LogP contribution in [0.2, 0.25) is 0 Å². The third-order valence-electron chi connectivity index (χ3n) is 6.32. The van der Waals surface area contributed by atoms with Crippen LogP contribution in [0.25, 0.3) is 0 Å². The lowest BCUT2D eigenvalue weighted by Gasteiger charge is -2.27. The zero-order chi connectivity index (χ0) is 24.6. The van der Waals surface area contributed by atoms with Crippen LogP contribution in [0, 0.1) is 5.82 Å². The first-order valence-corrected chi connectivity index (χ1v) is 12.0. The van der Waals surface area contributed by atoms with Gasteiger partial charge < -0.3 is 14.8 Å². The van der Waals surface area contributed by atoms with Crippen LogP contribution in [0.4, 0.5) is 4.39 Å². The Morgan fingerprint density at radius 2 is 1.77 bits per heavy atom. The standard InChI is InChI=1S/C27H32FN5O2/c1-21(34)30-25(18-23-10-5-6-11-24(23)28)27(35)32-14-7-13-31(16-17-32)20-26-29-12-15-33(26)19-22-8-3-2-4-9-22/h2-6,8-12,15,25H,7,13-14,16-20H2,1H3,(H,30,34). The quantitative estimate of drug-likeness (QED) is 0.542. The number of nitrogens with one attached hydrogen (secondary N) is 1. The molecule has 2 heterocycles. The summed E-state index contributed by atoms with van der Waals surface area (Å²) in [6, 6.07) is 15.9. The van der Waals surface area contributed by atoms with Gasteiger partial charge in [0.1, 0.15) is 17.7 Å². The van der Waals surface area contributed by atoms with Crippen molar-refractivity contribution in [1.29, 1.82) is 0 Å². The molecule has 1 aromatic heterocycles. The maximum atomic E-state index is 14.2. The van der Waals surface area contributed by atoms with Crippen LogP contribution in [-0.4, -0.2) is 63.4 Å². The van der Waals surface area contributed by atoms with Gasteiger partial charge in [0.25, 0.3) is 0 Å². The minimum absolute atomic E-state index is 0.127. The number of hydrogen-bond donors (Lipinski definition) is 1. The smallest absolute Gasteiger partial charge is 0.245 e. The molecule has 1 atom stereocenters. The predicted molar refractivity (Wildman–Crippen MR) is 132 cm³/mol. The van der Waals surface area contributed by atoms with Crippen molar-refractivity contribution in [3.8, 4) is 0 Å². The molecule has 1 aliphatic heterocycles. The van der Waals surface area contributed by atoms with Gasteiger partial charge >= 0.3 is 0 Å². The van der Waals surface area contributed by atoms with Crippen LogP contribution in [0.5, 0.6) is 0 Å². The Morgan fingerprint density at radius 1 is 1.00 bits per heavy atom. The molecular weight excluding hydrogens is 445 g/mol. The predicted octanol–water partition coefficient (Wildman–Crippen LogP) is 2.85. The fourth-order valence-corrected chi connectivity index (χ4v) is 4.51. The Bertz CT molecular complexity index is 1130. The number of carbonyl (C=O) groups excluding carboxylic acids is 2. The summed E-state index contributed by atoms with van der Waals surface area (Å²) in [6.07, 6.45) is 4.77. The molecule has 1 aliphatic rings. The van der Waals surface area contributed by atoms with Gasteiger partial charge in [-0.3, -0.25) is 14.5 Å². The summed E-state index contributed by atoms with van der Waals surface area (Å²) in [5.74, 6) is 0.144. The summed E-state index contributed by atoms with van der Waals surface area (Å²) in [5, 5.41) is 2.73. The van der Waals surface area contributed by atoms with E-state index >= 15 is 0 Å². The lowest BCUT2D eigenvalue weighted by molar-refractivity contribution is -0.136. The summed E-state index contributed by atoms with van der Waals surface area (Å²) in [5.41, 5.74) is 1.64. The molecule has 7 nitrogen and oxygen atoms in total. The van der Waals surface area contributed by atoms with Gasteiger partial charge in [-0.15, -0.1) is 0 Å². The molecule has 1 saturated heterocycles. The van der Waals surface area contributed by atoms with Crippen molar-refractivity contribution in [2.24, 2.45) is 0 Å². The molecule has 1 fully saturated rings. The highest BCUT2D eigenvalue weighted by Crippen LogP contribution is 2.14. The van der Waals surface area contributed by atoms with Gasteiger partial charge in [-0.25, -0.2) is 9.37 Å². The van der Waals surface area contributed by atoms with E-state index in [-0.39, 0.29) is 24.1 Å². The van der Waals surface area contributed by atoms with Crippen LogP contribution < -0.4 is 5.32 Å². The summed E-state index contributed by atoms with van der Waals surface area (Å²) in [6.45, 7) is 5.54. The second-order valence-corrected chi connectivity index (χ2v) is 8.96. The third kappa shape index (κ3) is 6.76. The number of benzene rings is 2. The molecule has 1 N–H and O–H groups in total. The minimum atomic E-state index is -0.791. The van der Waals surface area contributed by atoms with Crippen LogP contribution in [0.3, 0.4) is 0 Å². The van der Waals surface area contributed by atoms with Crippen molar-refractivity contribution in [3.05, 3.63) is 89.8 Å². The molecule has 3 aromatic rings. The SMILES string of the molecule is CC(=O)NC(Cc1ccccc1F)C(=O)N1CCCN(Cc2nccn2Cc2ccccc2)CC1. The normalized spacial score (nSPS) is 15.4. The maximum absolute atomic E-state index is 14.2. The van der Waals surface area contributed by atoms with Crippen molar-refractivity contribution in [3.63, 3.8) is 0 Å². The Balaban J connectivity index is 1.38. The number of nitrogens with zero attached hydrogens (tertiary/aromatic N) is 4. The fourth-order valence-electron chi connectivity index (χ4n) is 4.51. The van der Waals surface area contributed by atoms with E-state index in [9.17, 15) is 14.0 Å². The molecule has 0 saturated carbocycles. The zero-order valence-electron chi connectivity index (χ0n) is 20.1. The minimum Gasteiger partial charge on any atom is -0.344 e. The van der Waals surface area contributed by atoms with E-state index in [2.05, 4.69) is 31.9 Å². The molecule has 0 aliphatic carbocycles. The largest absolute Gasteiger partial charge is 0.344 e. The zero-order valence-corrected chi connectivity index (χ0v) is 20.1. The average Bonchev–Trinajstić information content (AvgIpc) is 3.14. The Hall–Kier alpha value is -3.52. The van der Waals surface area contributed by atoms with E-state index in [0.29, 0.717) is 31.7 Å². The fraction of sp³-hybridized carbons (Fsp3) is 0.370. The molecule has 2 aromatic carbocycles. The van der Waals surface area contributed by atoms with Crippen LogP contribution in [0.1, 0.15) is 30.3 Å². The Kier molecular flexibility index (Phi) is 8.26. The summed E-state index contributed by atoms with van der Waals surface area (Å²) in [4.78, 5) is 33.8. The number of rotatable bonds is 8. The first kappa shape index (κ1) is 24.6. The van der Waals surface area contributed by atoms with Gasteiger partial charge in [0, 0.05) is 58.5 Å². The maximum Gasteiger partial charge on any atom is 0.245 e. The Labute approximate surface area is 205 Å². The Morgan fingerprint density at radius 3 is 2.54 bits per heavy atom. The van der Waals surface area contributed by atoms with Crippen molar-refractivity contribution in [1.82, 2.24) is 24.7 Å². The molecule has 35 heavy (non-hydrogen) atoms. The van der Waals surface area contributed by atoms with E-state index in [1.54, 1.807) is 23.1 Å². The number of aromatic nitrogens is 2. The number of hydrogen-bond acceptors (Lipinski definition) is 4. The summed E-state index contributed by atoms with van der Waals surface area (Å²) >= 11 is 0. The molecule has 2 amide bonds. The van der Waals surface area contributed by atoms with E-state index in [0.717, 1.165) is 25.3 Å². The highest BCUT2D eigenvalue weighted by atomic mass is 19.1. The van der Waals surface area contributed by atoms with Gasteiger partial charge in [-0.2, -0.15) is 0 Å². The van der Waals surface area contributed by atoms with Gasteiger partial charge in [0.05, 0.1) is 6.54 Å². The molecule has 4 rings (SSSR count).